The van der Waals surface area contributed by atoms with E-state index in [4.69, 9.17) is 0 Å². The number of hydrogen-bond donors (Lipinski definition) is 1. The normalized spacial score (nSPS) is 11.1. The number of nitrogens with one attached hydrogen (secondary N) is 1. The van der Waals surface area contributed by atoms with E-state index in [-0.39, 0.29) is 0 Å². The average molecular weight is 260 g/mol. The molecule has 4 nitrogen and oxygen atoms in total. The summed E-state index contributed by atoms with van der Waals surface area (Å²) >= 11 is 0. The molecule has 0 fully saturated rings. The van der Waals surface area contributed by atoms with Crippen molar-refractivity contribution in [1.82, 2.24) is 19.7 Å². The van der Waals surface area contributed by atoms with E-state index in [9.17, 15) is 0 Å². The van der Waals surface area contributed by atoms with Gasteiger partial charge in [0.25, 0.3) is 0 Å². The average Bonchev–Trinajstić information content (AvgIpc) is 2.98. The molecule has 0 aliphatic carbocycles. The lowest BCUT2D eigenvalue weighted by atomic mass is 10.2. The van der Waals surface area contributed by atoms with E-state index >= 15 is 0 Å². The van der Waals surface area contributed by atoms with Gasteiger partial charge in [-0.25, -0.2) is 0 Å². The third kappa shape index (κ3) is 3.47. The third-order valence-corrected chi connectivity index (χ3v) is 3.61. The number of aryl methyl sites for hydroxylation is 2. The van der Waals surface area contributed by atoms with Crippen LogP contribution in [-0.4, -0.2) is 20.9 Å². The molecule has 0 aliphatic heterocycles. The van der Waals surface area contributed by atoms with Gasteiger partial charge in [-0.15, -0.1) is 0 Å². The van der Waals surface area contributed by atoms with Gasteiger partial charge in [-0.2, -0.15) is 5.10 Å². The van der Waals surface area contributed by atoms with Gasteiger partial charge >= 0.3 is 0 Å². The van der Waals surface area contributed by atoms with Crippen molar-refractivity contribution in [3.8, 4) is 0 Å². The van der Waals surface area contributed by atoms with Crippen molar-refractivity contribution >= 4 is 0 Å². The first kappa shape index (κ1) is 13.9. The van der Waals surface area contributed by atoms with Gasteiger partial charge in [0, 0.05) is 43.4 Å². The summed E-state index contributed by atoms with van der Waals surface area (Å²) in [6, 6.07) is 4.26. The zero-order valence-corrected chi connectivity index (χ0v) is 12.2. The van der Waals surface area contributed by atoms with Crippen LogP contribution in [0.3, 0.4) is 0 Å². The fraction of sp³-hybridized carbons (Fsp3) is 0.533. The van der Waals surface area contributed by atoms with Crippen molar-refractivity contribution in [2.45, 2.75) is 46.8 Å². The largest absolute Gasteiger partial charge is 0.349 e. The third-order valence-electron chi connectivity index (χ3n) is 3.61. The summed E-state index contributed by atoms with van der Waals surface area (Å²) in [5.41, 5.74) is 4.16. The topological polar surface area (TPSA) is 34.8 Å². The molecule has 2 aromatic heterocycles. The summed E-state index contributed by atoms with van der Waals surface area (Å²) in [4.78, 5) is 0. The van der Waals surface area contributed by atoms with E-state index in [0.29, 0.717) is 0 Å². The Morgan fingerprint density at radius 2 is 2.16 bits per heavy atom. The minimum atomic E-state index is 0.957. The van der Waals surface area contributed by atoms with Crippen LogP contribution in [0.15, 0.2) is 24.5 Å². The standard InChI is InChI=1S/C15H24N4/c1-4-19-13(2)11-15(14(19)3)12-16-7-5-9-18-10-6-8-17-18/h6,8,10-11,16H,4-5,7,9,12H2,1-3H3. The van der Waals surface area contributed by atoms with E-state index in [0.717, 1.165) is 32.6 Å². The number of aromatic nitrogens is 3. The van der Waals surface area contributed by atoms with E-state index in [2.05, 4.69) is 41.8 Å². The van der Waals surface area contributed by atoms with Crippen LogP contribution >= 0.6 is 0 Å². The molecular weight excluding hydrogens is 236 g/mol. The molecule has 0 aromatic carbocycles. The highest BCUT2D eigenvalue weighted by molar-refractivity contribution is 5.26. The Balaban J connectivity index is 1.74. The van der Waals surface area contributed by atoms with E-state index in [1.54, 1.807) is 0 Å². The minimum absolute atomic E-state index is 0.957. The molecule has 2 rings (SSSR count). The molecule has 2 heterocycles. The highest BCUT2D eigenvalue weighted by atomic mass is 15.3. The highest BCUT2D eigenvalue weighted by Crippen LogP contribution is 2.14. The fourth-order valence-corrected chi connectivity index (χ4v) is 2.56. The first-order chi connectivity index (χ1) is 9.22. The van der Waals surface area contributed by atoms with Crippen LogP contribution in [0.2, 0.25) is 0 Å². The maximum absolute atomic E-state index is 4.20. The summed E-state index contributed by atoms with van der Waals surface area (Å²) in [6.07, 6.45) is 4.94. The van der Waals surface area contributed by atoms with Crippen LogP contribution in [0, 0.1) is 13.8 Å². The molecule has 1 N–H and O–H groups in total. The summed E-state index contributed by atoms with van der Waals surface area (Å²) < 4.78 is 4.34. The van der Waals surface area contributed by atoms with E-state index in [1.807, 2.05) is 23.1 Å². The molecule has 0 saturated carbocycles. The zero-order valence-electron chi connectivity index (χ0n) is 12.2. The lowest BCUT2D eigenvalue weighted by Crippen LogP contribution is -2.17. The first-order valence-electron chi connectivity index (χ1n) is 7.06. The molecule has 0 radical (unpaired) electrons. The van der Waals surface area contributed by atoms with Crippen LogP contribution in [0.5, 0.6) is 0 Å². The minimum Gasteiger partial charge on any atom is -0.349 e. The van der Waals surface area contributed by atoms with Crippen LogP contribution in [-0.2, 0) is 19.6 Å². The van der Waals surface area contributed by atoms with Crippen molar-refractivity contribution in [3.63, 3.8) is 0 Å². The highest BCUT2D eigenvalue weighted by Gasteiger charge is 2.06. The van der Waals surface area contributed by atoms with Gasteiger partial charge in [-0.1, -0.05) is 0 Å². The SMILES string of the molecule is CCn1c(C)cc(CNCCCn2cccn2)c1C. The van der Waals surface area contributed by atoms with Crippen molar-refractivity contribution in [2.75, 3.05) is 6.54 Å². The van der Waals surface area contributed by atoms with E-state index < -0.39 is 0 Å². The monoisotopic (exact) mass is 260 g/mol. The molecule has 0 amide bonds. The summed E-state index contributed by atoms with van der Waals surface area (Å²) in [7, 11) is 0. The molecular formula is C15H24N4. The first-order valence-corrected chi connectivity index (χ1v) is 7.06. The Morgan fingerprint density at radius 1 is 1.32 bits per heavy atom. The van der Waals surface area contributed by atoms with Gasteiger partial charge in [0.2, 0.25) is 0 Å². The summed E-state index contributed by atoms with van der Waals surface area (Å²) in [5.74, 6) is 0. The molecule has 104 valence electrons. The van der Waals surface area contributed by atoms with Crippen LogP contribution in [0.1, 0.15) is 30.3 Å². The maximum atomic E-state index is 4.20. The van der Waals surface area contributed by atoms with Crippen LogP contribution in [0.25, 0.3) is 0 Å². The molecule has 0 spiro atoms. The second kappa shape index (κ2) is 6.57. The number of rotatable bonds is 7. The lowest BCUT2D eigenvalue weighted by molar-refractivity contribution is 0.542. The van der Waals surface area contributed by atoms with Gasteiger partial charge in [0.1, 0.15) is 0 Å². The number of nitrogens with zero attached hydrogens (tertiary/aromatic N) is 3. The van der Waals surface area contributed by atoms with Gasteiger partial charge in [-0.05, 0) is 51.4 Å². The Hall–Kier alpha value is -1.55. The van der Waals surface area contributed by atoms with E-state index in [1.165, 1.54) is 17.0 Å². The zero-order chi connectivity index (χ0) is 13.7. The summed E-state index contributed by atoms with van der Waals surface area (Å²) in [5, 5.41) is 7.71. The van der Waals surface area contributed by atoms with Crippen molar-refractivity contribution < 1.29 is 0 Å². The Labute approximate surface area is 115 Å². The van der Waals surface area contributed by atoms with Crippen LogP contribution in [0.4, 0.5) is 0 Å². The Bertz CT molecular complexity index is 496. The Morgan fingerprint density at radius 3 is 2.79 bits per heavy atom. The van der Waals surface area contributed by atoms with Gasteiger partial charge in [0.05, 0.1) is 0 Å². The quantitative estimate of drug-likeness (QED) is 0.776. The molecule has 4 heteroatoms. The predicted molar refractivity (Wildman–Crippen MR) is 78.1 cm³/mol. The fourth-order valence-electron chi connectivity index (χ4n) is 2.56. The molecule has 0 atom stereocenters. The second-order valence-electron chi connectivity index (χ2n) is 4.94. The molecule has 19 heavy (non-hydrogen) atoms. The molecule has 0 unspecified atom stereocenters. The van der Waals surface area contributed by atoms with Gasteiger partial charge in [-0.3, -0.25) is 4.68 Å². The smallest absolute Gasteiger partial charge is 0.0489 e. The molecule has 0 saturated heterocycles. The maximum Gasteiger partial charge on any atom is 0.0489 e. The van der Waals surface area contributed by atoms with Crippen LogP contribution < -0.4 is 5.32 Å². The van der Waals surface area contributed by atoms with Crippen molar-refractivity contribution in [1.29, 1.82) is 0 Å². The van der Waals surface area contributed by atoms with Crippen molar-refractivity contribution in [2.24, 2.45) is 0 Å². The number of hydrogen-bond acceptors (Lipinski definition) is 2. The molecule has 0 aliphatic rings. The summed E-state index contributed by atoms with van der Waals surface area (Å²) in [6.45, 7) is 10.6. The predicted octanol–water partition coefficient (Wildman–Crippen LogP) is 2.50. The second-order valence-corrected chi connectivity index (χ2v) is 4.94. The van der Waals surface area contributed by atoms with Gasteiger partial charge < -0.3 is 9.88 Å². The lowest BCUT2D eigenvalue weighted by Gasteiger charge is -2.07. The Kier molecular flexibility index (Phi) is 4.80. The molecule has 0 bridgehead atoms. The van der Waals surface area contributed by atoms with Gasteiger partial charge in [0.15, 0.2) is 0 Å². The molecule has 2 aromatic rings. The van der Waals surface area contributed by atoms with Crippen molar-refractivity contribution in [3.05, 3.63) is 41.5 Å².